The second-order valence-corrected chi connectivity index (χ2v) is 7.53. The Labute approximate surface area is 157 Å². The number of carbonyl (C=O) groups excluding carboxylic acids is 1. The quantitative estimate of drug-likeness (QED) is 0.300. The summed E-state index contributed by atoms with van der Waals surface area (Å²) in [7, 11) is 0. The van der Waals surface area contributed by atoms with E-state index in [1.807, 2.05) is 24.3 Å². The topological polar surface area (TPSA) is 97.5 Å². The molecule has 1 N–H and O–H groups in total. The van der Waals surface area contributed by atoms with Crippen LogP contribution in [-0.2, 0) is 4.79 Å². The Balaban J connectivity index is 1.58. The lowest BCUT2D eigenvalue weighted by Gasteiger charge is -2.02. The maximum atomic E-state index is 12.0. The molecule has 7 nitrogen and oxygen atoms in total. The molecule has 0 bridgehead atoms. The van der Waals surface area contributed by atoms with Crippen LogP contribution in [0.5, 0.6) is 0 Å². The third-order valence-electron chi connectivity index (χ3n) is 3.42. The van der Waals surface area contributed by atoms with E-state index >= 15 is 0 Å². The second-order valence-electron chi connectivity index (χ2n) is 5.28. The zero-order valence-electron chi connectivity index (χ0n) is 13.7. The molecule has 3 rings (SSSR count). The van der Waals surface area contributed by atoms with Gasteiger partial charge in [0.1, 0.15) is 0 Å². The van der Waals surface area contributed by atoms with Crippen molar-refractivity contribution in [3.05, 3.63) is 64.2 Å². The van der Waals surface area contributed by atoms with Crippen LogP contribution in [0.1, 0.15) is 12.5 Å². The Morgan fingerprint density at radius 1 is 1.31 bits per heavy atom. The van der Waals surface area contributed by atoms with E-state index in [0.29, 0.717) is 11.3 Å². The molecule has 1 heterocycles. The lowest BCUT2D eigenvalue weighted by molar-refractivity contribution is -0.384. The summed E-state index contributed by atoms with van der Waals surface area (Å²) in [6.45, 7) is 1.68. The number of fused-ring (bicyclic) bond motifs is 1. The van der Waals surface area contributed by atoms with Gasteiger partial charge in [0.25, 0.3) is 11.6 Å². The van der Waals surface area contributed by atoms with Gasteiger partial charge in [-0.3, -0.25) is 14.9 Å². The molecule has 2 aromatic carbocycles. The van der Waals surface area contributed by atoms with Gasteiger partial charge in [0.2, 0.25) is 0 Å². The third kappa shape index (κ3) is 4.44. The molecule has 0 unspecified atom stereocenters. The fraction of sp³-hybridized carbons (Fsp3) is 0.118. The maximum Gasteiger partial charge on any atom is 0.270 e. The van der Waals surface area contributed by atoms with Crippen molar-refractivity contribution in [1.82, 2.24) is 10.4 Å². The molecule has 0 aliphatic rings. The minimum absolute atomic E-state index is 0.0187. The number of aromatic nitrogens is 1. The lowest BCUT2D eigenvalue weighted by atomic mass is 10.1. The number of carbonyl (C=O) groups is 1. The van der Waals surface area contributed by atoms with Gasteiger partial charge in [-0.05, 0) is 19.1 Å². The fourth-order valence-electron chi connectivity index (χ4n) is 2.13. The van der Waals surface area contributed by atoms with Crippen molar-refractivity contribution >= 4 is 50.6 Å². The summed E-state index contributed by atoms with van der Waals surface area (Å²) in [5.41, 5.74) is 4.44. The summed E-state index contributed by atoms with van der Waals surface area (Å²) in [6, 6.07) is 13.9. The number of benzene rings is 2. The summed E-state index contributed by atoms with van der Waals surface area (Å²) in [6.07, 6.45) is 0. The predicted octanol–water partition coefficient (Wildman–Crippen LogP) is 3.84. The molecule has 0 atom stereocenters. The van der Waals surface area contributed by atoms with Gasteiger partial charge in [-0.1, -0.05) is 36.0 Å². The third-order valence-corrected chi connectivity index (χ3v) is 5.60. The standard InChI is InChI=1S/C17H14N4O3S2/c1-11(12-5-4-6-13(9-12)21(23)24)19-20-16(22)10-25-17-18-14-7-2-3-8-15(14)26-17/h2-9H,10H2,1H3,(H,20,22)/b19-11+. The van der Waals surface area contributed by atoms with E-state index in [1.54, 1.807) is 19.1 Å². The number of thioether (sulfide) groups is 1. The summed E-state index contributed by atoms with van der Waals surface area (Å²) in [5.74, 6) is -0.0787. The number of hydrogen-bond donors (Lipinski definition) is 1. The number of non-ortho nitro benzene ring substituents is 1. The second kappa shape index (κ2) is 8.07. The number of hydrazone groups is 1. The molecular weight excluding hydrogens is 372 g/mol. The first kappa shape index (κ1) is 18.0. The Kier molecular flexibility index (Phi) is 5.59. The van der Waals surface area contributed by atoms with Crippen molar-refractivity contribution in [3.8, 4) is 0 Å². The maximum absolute atomic E-state index is 12.0. The van der Waals surface area contributed by atoms with Gasteiger partial charge in [0.15, 0.2) is 4.34 Å². The van der Waals surface area contributed by atoms with Crippen molar-refractivity contribution in [2.75, 3.05) is 5.75 Å². The molecule has 0 spiro atoms. The van der Waals surface area contributed by atoms with Gasteiger partial charge >= 0.3 is 0 Å². The van der Waals surface area contributed by atoms with Crippen LogP contribution in [0.15, 0.2) is 58.0 Å². The first-order valence-electron chi connectivity index (χ1n) is 7.59. The molecular formula is C17H14N4O3S2. The van der Waals surface area contributed by atoms with Crippen molar-refractivity contribution in [2.24, 2.45) is 5.10 Å². The van der Waals surface area contributed by atoms with Crippen molar-refractivity contribution in [3.63, 3.8) is 0 Å². The summed E-state index contributed by atoms with van der Waals surface area (Å²) < 4.78 is 1.90. The minimum atomic E-state index is -0.468. The van der Waals surface area contributed by atoms with Crippen LogP contribution in [0.3, 0.4) is 0 Å². The highest BCUT2D eigenvalue weighted by atomic mass is 32.2. The normalized spacial score (nSPS) is 11.5. The highest BCUT2D eigenvalue weighted by molar-refractivity contribution is 8.01. The number of nitrogens with zero attached hydrogens (tertiary/aromatic N) is 3. The Morgan fingerprint density at radius 3 is 2.88 bits per heavy atom. The molecule has 0 radical (unpaired) electrons. The molecule has 9 heteroatoms. The molecule has 1 amide bonds. The Morgan fingerprint density at radius 2 is 2.12 bits per heavy atom. The molecule has 132 valence electrons. The number of rotatable bonds is 6. The van der Waals surface area contributed by atoms with Gasteiger partial charge in [0, 0.05) is 17.7 Å². The van der Waals surface area contributed by atoms with Crippen LogP contribution >= 0.6 is 23.1 Å². The van der Waals surface area contributed by atoms with Crippen molar-refractivity contribution in [2.45, 2.75) is 11.3 Å². The molecule has 3 aromatic rings. The van der Waals surface area contributed by atoms with Crippen LogP contribution in [0.2, 0.25) is 0 Å². The number of nitro benzene ring substituents is 1. The SMILES string of the molecule is C/C(=N\NC(=O)CSc1nc2ccccc2s1)c1cccc([N+](=O)[O-])c1. The van der Waals surface area contributed by atoms with Gasteiger partial charge in [0.05, 0.1) is 26.6 Å². The molecule has 0 aliphatic carbocycles. The van der Waals surface area contributed by atoms with Crippen LogP contribution in [0.25, 0.3) is 10.2 Å². The van der Waals surface area contributed by atoms with Crippen LogP contribution in [0, 0.1) is 10.1 Å². The van der Waals surface area contributed by atoms with E-state index < -0.39 is 4.92 Å². The van der Waals surface area contributed by atoms with Gasteiger partial charge < -0.3 is 0 Å². The van der Waals surface area contributed by atoms with Gasteiger partial charge in [-0.15, -0.1) is 11.3 Å². The van der Waals surface area contributed by atoms with E-state index in [4.69, 9.17) is 0 Å². The van der Waals surface area contributed by atoms with Crippen molar-refractivity contribution in [1.29, 1.82) is 0 Å². The first-order chi connectivity index (χ1) is 12.5. The highest BCUT2D eigenvalue weighted by Gasteiger charge is 2.09. The van der Waals surface area contributed by atoms with Crippen LogP contribution in [-0.4, -0.2) is 27.3 Å². The summed E-state index contributed by atoms with van der Waals surface area (Å²) >= 11 is 2.88. The first-order valence-corrected chi connectivity index (χ1v) is 9.39. The average molecular weight is 386 g/mol. The monoisotopic (exact) mass is 386 g/mol. The number of nitro groups is 1. The molecule has 0 fully saturated rings. The van der Waals surface area contributed by atoms with E-state index in [9.17, 15) is 14.9 Å². The summed E-state index contributed by atoms with van der Waals surface area (Å²) in [5, 5.41) is 14.8. The van der Waals surface area contributed by atoms with Crippen LogP contribution < -0.4 is 5.43 Å². The lowest BCUT2D eigenvalue weighted by Crippen LogP contribution is -2.21. The average Bonchev–Trinajstić information content (AvgIpc) is 3.07. The molecule has 0 aliphatic heterocycles. The zero-order chi connectivity index (χ0) is 18.5. The van der Waals surface area contributed by atoms with E-state index in [1.165, 1.54) is 35.2 Å². The Hall–Kier alpha value is -2.78. The van der Waals surface area contributed by atoms with E-state index in [0.717, 1.165) is 14.6 Å². The predicted molar refractivity (Wildman–Crippen MR) is 104 cm³/mol. The zero-order valence-corrected chi connectivity index (χ0v) is 15.3. The molecule has 26 heavy (non-hydrogen) atoms. The molecule has 0 saturated heterocycles. The Bertz CT molecular complexity index is 967. The van der Waals surface area contributed by atoms with E-state index in [-0.39, 0.29) is 17.3 Å². The minimum Gasteiger partial charge on any atom is -0.272 e. The summed E-state index contributed by atoms with van der Waals surface area (Å²) in [4.78, 5) is 26.8. The molecule has 0 saturated carbocycles. The smallest absolute Gasteiger partial charge is 0.270 e. The number of thiazole rings is 1. The highest BCUT2D eigenvalue weighted by Crippen LogP contribution is 2.29. The van der Waals surface area contributed by atoms with Gasteiger partial charge in [-0.25, -0.2) is 10.4 Å². The van der Waals surface area contributed by atoms with Crippen LogP contribution in [0.4, 0.5) is 5.69 Å². The number of nitrogens with one attached hydrogen (secondary N) is 1. The number of para-hydroxylation sites is 1. The molecule has 1 aromatic heterocycles. The van der Waals surface area contributed by atoms with Crippen molar-refractivity contribution < 1.29 is 9.72 Å². The fourth-order valence-corrected chi connectivity index (χ4v) is 3.99. The number of amides is 1. The van der Waals surface area contributed by atoms with E-state index in [2.05, 4.69) is 15.5 Å². The number of hydrogen-bond acceptors (Lipinski definition) is 7. The largest absolute Gasteiger partial charge is 0.272 e. The van der Waals surface area contributed by atoms with Gasteiger partial charge in [-0.2, -0.15) is 5.10 Å².